The van der Waals surface area contributed by atoms with Crippen molar-refractivity contribution in [3.8, 4) is 5.75 Å². The van der Waals surface area contributed by atoms with E-state index in [-0.39, 0.29) is 5.97 Å². The maximum atomic E-state index is 11.7. The third kappa shape index (κ3) is 5.68. The van der Waals surface area contributed by atoms with Crippen molar-refractivity contribution < 1.29 is 23.4 Å². The molecule has 1 aromatic heterocycles. The topological polar surface area (TPSA) is 61.1 Å². The highest BCUT2D eigenvalue weighted by Crippen LogP contribution is 2.41. The number of ether oxygens (including phenoxy) is 3. The molecular weight excluding hydrogens is 462 g/mol. The summed E-state index contributed by atoms with van der Waals surface area (Å²) in [5.41, 5.74) is 5.37. The highest BCUT2D eigenvalue weighted by molar-refractivity contribution is 8.00. The van der Waals surface area contributed by atoms with Gasteiger partial charge in [0.15, 0.2) is 5.09 Å². The van der Waals surface area contributed by atoms with Crippen molar-refractivity contribution in [2.75, 3.05) is 31.2 Å². The quantitative estimate of drug-likeness (QED) is 0.268. The zero-order chi connectivity index (χ0) is 24.2. The SMILES string of the molecule is COC(=O)c1ccc(COc2cc3c(cc2N(CC2CCOC2)Sc2ccc(C)o2)CCC3)cc1. The molecule has 1 unspecified atom stereocenters. The molecule has 5 rings (SSSR count). The Morgan fingerprint density at radius 3 is 2.60 bits per heavy atom. The number of carbonyl (C=O) groups excluding carboxylic acids is 1. The van der Waals surface area contributed by atoms with E-state index in [9.17, 15) is 4.79 Å². The summed E-state index contributed by atoms with van der Waals surface area (Å²) in [5.74, 6) is 1.90. The number of esters is 1. The van der Waals surface area contributed by atoms with E-state index in [0.29, 0.717) is 18.1 Å². The van der Waals surface area contributed by atoms with Gasteiger partial charge in [-0.05, 0) is 85.7 Å². The van der Waals surface area contributed by atoms with Crippen molar-refractivity contribution in [3.05, 3.63) is 76.5 Å². The van der Waals surface area contributed by atoms with Gasteiger partial charge in [-0.1, -0.05) is 12.1 Å². The number of rotatable bonds is 9. The van der Waals surface area contributed by atoms with Crippen LogP contribution in [0.25, 0.3) is 0 Å². The Bertz CT molecular complexity index is 1170. The number of methoxy groups -OCH3 is 1. The van der Waals surface area contributed by atoms with Crippen LogP contribution in [0.15, 0.2) is 58.0 Å². The molecule has 1 atom stereocenters. The summed E-state index contributed by atoms with van der Waals surface area (Å²) < 4.78 is 25.1. The van der Waals surface area contributed by atoms with Crippen molar-refractivity contribution in [1.82, 2.24) is 0 Å². The zero-order valence-corrected chi connectivity index (χ0v) is 21.1. The largest absolute Gasteiger partial charge is 0.487 e. The molecular formula is C28H31NO5S. The van der Waals surface area contributed by atoms with Crippen LogP contribution < -0.4 is 9.04 Å². The van der Waals surface area contributed by atoms with Crippen molar-refractivity contribution in [2.45, 2.75) is 44.3 Å². The van der Waals surface area contributed by atoms with Gasteiger partial charge in [0.2, 0.25) is 0 Å². The fourth-order valence-electron chi connectivity index (χ4n) is 4.63. The molecule has 2 aromatic carbocycles. The standard InChI is InChI=1S/C28H31NO5S/c1-19-6-11-27(34-19)35-29(16-21-12-13-32-17-21)25-14-23-4-3-5-24(23)15-26(25)33-18-20-7-9-22(10-8-20)28(30)31-2/h6-11,14-15,21H,3-5,12-13,16-18H2,1-2H3. The lowest BCUT2D eigenvalue weighted by Gasteiger charge is -2.27. The molecule has 3 aromatic rings. The van der Waals surface area contributed by atoms with E-state index in [4.69, 9.17) is 18.6 Å². The number of hydrogen-bond donors (Lipinski definition) is 0. The molecule has 0 spiro atoms. The number of benzene rings is 2. The third-order valence-corrected chi connectivity index (χ3v) is 7.54. The number of hydrogen-bond acceptors (Lipinski definition) is 7. The van der Waals surface area contributed by atoms with E-state index in [1.807, 2.05) is 31.2 Å². The van der Waals surface area contributed by atoms with Crippen molar-refractivity contribution in [2.24, 2.45) is 5.92 Å². The van der Waals surface area contributed by atoms with Crippen molar-refractivity contribution in [1.29, 1.82) is 0 Å². The maximum absolute atomic E-state index is 11.7. The zero-order valence-electron chi connectivity index (χ0n) is 20.2. The van der Waals surface area contributed by atoms with Gasteiger partial charge < -0.3 is 22.9 Å². The molecule has 0 N–H and O–H groups in total. The second-order valence-electron chi connectivity index (χ2n) is 9.17. The lowest BCUT2D eigenvalue weighted by atomic mass is 10.1. The molecule has 0 saturated carbocycles. The summed E-state index contributed by atoms with van der Waals surface area (Å²) >= 11 is 1.62. The van der Waals surface area contributed by atoms with Gasteiger partial charge >= 0.3 is 5.97 Å². The molecule has 184 valence electrons. The molecule has 35 heavy (non-hydrogen) atoms. The summed E-state index contributed by atoms with van der Waals surface area (Å²) in [5, 5.41) is 0.867. The van der Waals surface area contributed by atoms with Gasteiger partial charge in [0.25, 0.3) is 0 Å². The first-order valence-electron chi connectivity index (χ1n) is 12.1. The minimum Gasteiger partial charge on any atom is -0.487 e. The van der Waals surface area contributed by atoms with Crippen LogP contribution in [0, 0.1) is 12.8 Å². The lowest BCUT2D eigenvalue weighted by Crippen LogP contribution is -2.24. The van der Waals surface area contributed by atoms with Crippen molar-refractivity contribution in [3.63, 3.8) is 0 Å². The van der Waals surface area contributed by atoms with E-state index >= 15 is 0 Å². The van der Waals surface area contributed by atoms with E-state index in [1.165, 1.54) is 24.7 Å². The molecule has 0 bridgehead atoms. The molecule has 0 radical (unpaired) electrons. The fourth-order valence-corrected chi connectivity index (χ4v) is 5.67. The first kappa shape index (κ1) is 23.8. The Kier molecular flexibility index (Phi) is 7.35. The Morgan fingerprint density at radius 1 is 1.11 bits per heavy atom. The molecule has 1 fully saturated rings. The number of nitrogens with zero attached hydrogens (tertiary/aromatic N) is 1. The Morgan fingerprint density at radius 2 is 1.91 bits per heavy atom. The fraction of sp³-hybridized carbons (Fsp3) is 0.393. The smallest absolute Gasteiger partial charge is 0.337 e. The Balaban J connectivity index is 1.42. The first-order chi connectivity index (χ1) is 17.1. The normalized spacial score (nSPS) is 16.8. The van der Waals surface area contributed by atoms with Gasteiger partial charge in [-0.25, -0.2) is 4.79 Å². The highest BCUT2D eigenvalue weighted by Gasteiger charge is 2.26. The first-order valence-corrected chi connectivity index (χ1v) is 12.9. The Hall–Kier alpha value is -2.90. The average molecular weight is 494 g/mol. The van der Waals surface area contributed by atoms with Gasteiger partial charge in [-0.15, -0.1) is 0 Å². The van der Waals surface area contributed by atoms with E-state index in [0.717, 1.165) is 66.9 Å². The second kappa shape index (κ2) is 10.8. The minimum atomic E-state index is -0.338. The summed E-state index contributed by atoms with van der Waals surface area (Å²) in [6, 6.07) is 15.9. The molecule has 6 nitrogen and oxygen atoms in total. The number of anilines is 1. The maximum Gasteiger partial charge on any atom is 0.337 e. The third-order valence-electron chi connectivity index (χ3n) is 6.58. The number of aryl methyl sites for hydroxylation is 3. The molecule has 7 heteroatoms. The van der Waals surface area contributed by atoms with Crippen LogP contribution in [-0.4, -0.2) is 32.8 Å². The molecule has 1 saturated heterocycles. The van der Waals surface area contributed by atoms with Crippen LogP contribution in [0.4, 0.5) is 5.69 Å². The number of fused-ring (bicyclic) bond motifs is 1. The van der Waals surface area contributed by atoms with Gasteiger partial charge in [0.05, 0.1) is 25.0 Å². The second-order valence-corrected chi connectivity index (χ2v) is 10.2. The predicted octanol–water partition coefficient (Wildman–Crippen LogP) is 5.99. The number of furan rings is 1. The van der Waals surface area contributed by atoms with Gasteiger partial charge in [-0.3, -0.25) is 0 Å². The predicted molar refractivity (Wildman–Crippen MR) is 136 cm³/mol. The monoisotopic (exact) mass is 493 g/mol. The van der Waals surface area contributed by atoms with E-state index < -0.39 is 0 Å². The summed E-state index contributed by atoms with van der Waals surface area (Å²) in [6.45, 7) is 4.83. The molecule has 0 amide bonds. The van der Waals surface area contributed by atoms with Crippen LogP contribution in [-0.2, 0) is 28.9 Å². The molecule has 2 aliphatic rings. The molecule has 2 heterocycles. The van der Waals surface area contributed by atoms with Crippen LogP contribution in [0.3, 0.4) is 0 Å². The van der Waals surface area contributed by atoms with Crippen LogP contribution in [0.5, 0.6) is 5.75 Å². The molecule has 1 aliphatic carbocycles. The van der Waals surface area contributed by atoms with Crippen LogP contribution >= 0.6 is 11.9 Å². The number of carbonyl (C=O) groups is 1. The van der Waals surface area contributed by atoms with Gasteiger partial charge in [0, 0.05) is 31.0 Å². The summed E-state index contributed by atoms with van der Waals surface area (Å²) in [6.07, 6.45) is 4.42. The minimum absolute atomic E-state index is 0.338. The molecule has 1 aliphatic heterocycles. The summed E-state index contributed by atoms with van der Waals surface area (Å²) in [4.78, 5) is 11.7. The highest BCUT2D eigenvalue weighted by atomic mass is 32.2. The average Bonchev–Trinajstić information content (AvgIpc) is 3.64. The van der Waals surface area contributed by atoms with Crippen LogP contribution in [0.1, 0.15) is 45.7 Å². The van der Waals surface area contributed by atoms with E-state index in [1.54, 1.807) is 24.1 Å². The lowest BCUT2D eigenvalue weighted by molar-refractivity contribution is 0.0600. The Labute approximate surface area is 210 Å². The van der Waals surface area contributed by atoms with Crippen molar-refractivity contribution >= 4 is 23.6 Å². The van der Waals surface area contributed by atoms with Gasteiger partial charge in [-0.2, -0.15) is 0 Å². The summed E-state index contributed by atoms with van der Waals surface area (Å²) in [7, 11) is 1.39. The van der Waals surface area contributed by atoms with Gasteiger partial charge in [0.1, 0.15) is 18.1 Å². The van der Waals surface area contributed by atoms with E-state index in [2.05, 4.69) is 16.4 Å². The van der Waals surface area contributed by atoms with Crippen LogP contribution in [0.2, 0.25) is 0 Å².